The molecule has 0 spiro atoms. The fraction of sp³-hybridized carbons (Fsp3) is 0.385. The Morgan fingerprint density at radius 2 is 1.02 bits per heavy atom. The fourth-order valence-corrected chi connectivity index (χ4v) is 4.43. The Balaban J connectivity index is 0. The van der Waals surface area contributed by atoms with Crippen LogP contribution in [0.15, 0.2) is 83.2 Å². The topological polar surface area (TPSA) is 166 Å². The number of ketones is 2. The number of carbonyl (C=O) groups is 2. The zero-order valence-corrected chi connectivity index (χ0v) is 30.3. The Morgan fingerprint density at radius 1 is 0.646 bits per heavy atom. The number of aliphatic hydroxyl groups is 2. The van der Waals surface area contributed by atoms with Crippen molar-refractivity contribution in [3.8, 4) is 0 Å². The van der Waals surface area contributed by atoms with Gasteiger partial charge in [0.25, 0.3) is 5.95 Å². The van der Waals surface area contributed by atoms with Crippen molar-refractivity contribution in [3.05, 3.63) is 112 Å². The van der Waals surface area contributed by atoms with E-state index >= 15 is 0 Å². The average molecular weight is 664 g/mol. The van der Waals surface area contributed by atoms with Gasteiger partial charge < -0.3 is 15.9 Å². The first-order chi connectivity index (χ1) is 22.7. The van der Waals surface area contributed by atoms with Crippen LogP contribution in [0.5, 0.6) is 0 Å². The smallest absolute Gasteiger partial charge is 0.266 e. The molecule has 9 nitrogen and oxygen atoms in total. The van der Waals surface area contributed by atoms with Crippen LogP contribution in [0, 0.1) is 34.6 Å². The predicted octanol–water partition coefficient (Wildman–Crippen LogP) is 8.74. The van der Waals surface area contributed by atoms with Gasteiger partial charge in [-0.25, -0.2) is 0 Å². The summed E-state index contributed by atoms with van der Waals surface area (Å²) in [5, 5.41) is 26.8. The minimum absolute atomic E-state index is 0.252. The van der Waals surface area contributed by atoms with Gasteiger partial charge >= 0.3 is 0 Å². The zero-order valence-electron chi connectivity index (χ0n) is 30.3. The van der Waals surface area contributed by atoms with Gasteiger partial charge in [-0.1, -0.05) is 91.2 Å². The Bertz CT molecular complexity index is 1420. The van der Waals surface area contributed by atoms with Crippen LogP contribution in [0.3, 0.4) is 0 Å². The molecular formula is C39H57N3O6. The summed E-state index contributed by atoms with van der Waals surface area (Å²) >= 11 is 0. The molecule has 0 aromatic heterocycles. The normalized spacial score (nSPS) is 10.4. The highest BCUT2D eigenvalue weighted by molar-refractivity contribution is 6.42. The largest absolute Gasteiger partial charge is 0.482 e. The number of aryl methyl sites for hydroxylation is 7. The second-order valence-corrected chi connectivity index (χ2v) is 11.1. The maximum Gasteiger partial charge on any atom is 0.266 e. The molecule has 264 valence electrons. The number of aliphatic hydroxyl groups excluding tert-OH is 1. The third-order valence-electron chi connectivity index (χ3n) is 7.11. The number of benzene rings is 3. The summed E-state index contributed by atoms with van der Waals surface area (Å²) in [6.45, 7) is 16.8. The molecule has 3 aromatic carbocycles. The SMILES string of the molecule is C=C(O)O.CCC(=NC)C(CCc1ccc(C)cc1)=NC.CCC(=O)C(=O)CCc1ccc(C)cc1.Cc1cc(C)c(N)c(C)c1.OO. The van der Waals surface area contributed by atoms with E-state index in [1.165, 1.54) is 33.4 Å². The van der Waals surface area contributed by atoms with Gasteiger partial charge in [0.15, 0.2) is 11.6 Å². The number of anilines is 1. The maximum atomic E-state index is 11.3. The van der Waals surface area contributed by atoms with E-state index in [1.54, 1.807) is 6.92 Å². The number of nitrogen functional groups attached to an aromatic ring is 1. The molecule has 6 N–H and O–H groups in total. The molecule has 0 saturated carbocycles. The van der Waals surface area contributed by atoms with Crippen molar-refractivity contribution in [2.75, 3.05) is 19.8 Å². The third kappa shape index (κ3) is 20.5. The maximum absolute atomic E-state index is 11.3. The second-order valence-electron chi connectivity index (χ2n) is 11.1. The van der Waals surface area contributed by atoms with Crippen LogP contribution in [-0.4, -0.2) is 57.8 Å². The van der Waals surface area contributed by atoms with Crippen molar-refractivity contribution in [1.82, 2.24) is 0 Å². The van der Waals surface area contributed by atoms with Gasteiger partial charge in [-0.2, -0.15) is 0 Å². The first-order valence-corrected chi connectivity index (χ1v) is 15.9. The summed E-state index contributed by atoms with van der Waals surface area (Å²) in [6.07, 6.45) is 4.26. The van der Waals surface area contributed by atoms with Crippen molar-refractivity contribution in [1.29, 1.82) is 0 Å². The second kappa shape index (κ2) is 26.5. The molecular weight excluding hydrogens is 606 g/mol. The summed E-state index contributed by atoms with van der Waals surface area (Å²) in [4.78, 5) is 30.9. The lowest BCUT2D eigenvalue weighted by atomic mass is 10.0. The molecule has 0 radical (unpaired) electrons. The Morgan fingerprint density at radius 3 is 1.35 bits per heavy atom. The Hall–Kier alpha value is -4.60. The molecule has 3 aromatic rings. The molecule has 0 saturated heterocycles. The van der Waals surface area contributed by atoms with E-state index in [1.807, 2.05) is 59.1 Å². The summed E-state index contributed by atoms with van der Waals surface area (Å²) in [5.41, 5.74) is 17.6. The first kappa shape index (κ1) is 45.5. The highest BCUT2D eigenvalue weighted by Crippen LogP contribution is 2.17. The summed E-state index contributed by atoms with van der Waals surface area (Å²) < 4.78 is 0. The minimum atomic E-state index is -0.833. The fourth-order valence-electron chi connectivity index (χ4n) is 4.43. The monoisotopic (exact) mass is 663 g/mol. The lowest BCUT2D eigenvalue weighted by Crippen LogP contribution is -2.14. The van der Waals surface area contributed by atoms with Crippen LogP contribution in [0.25, 0.3) is 0 Å². The van der Waals surface area contributed by atoms with Gasteiger partial charge in [0.1, 0.15) is 0 Å². The minimum Gasteiger partial charge on any atom is -0.482 e. The Kier molecular flexibility index (Phi) is 25.1. The standard InChI is InChI=1S/C15H22N2.C13H16O2.C9H13N.C2H4O2.H2O2/c1-5-14(16-3)15(17-4)11-10-13-8-6-12(2)7-9-13;1-3-12(14)13(15)9-8-11-6-4-10(2)5-7-11;1-6-4-7(2)9(10)8(3)5-6;1-2(3)4;1-2/h6-9H,5,10-11H2,1-4H3;4-7H,3,8-9H2,1-2H3;4-5H,10H2,1-3H3;3-4H,1H2;1-2H. The number of aliphatic imine (C=N–C) groups is 2. The highest BCUT2D eigenvalue weighted by Gasteiger charge is 2.10. The van der Waals surface area contributed by atoms with E-state index in [0.717, 1.165) is 41.9 Å². The molecule has 0 bridgehead atoms. The van der Waals surface area contributed by atoms with Gasteiger partial charge in [0.2, 0.25) is 0 Å². The summed E-state index contributed by atoms with van der Waals surface area (Å²) in [6, 6.07) is 20.9. The summed E-state index contributed by atoms with van der Waals surface area (Å²) in [5.74, 6) is -1.35. The van der Waals surface area contributed by atoms with Gasteiger partial charge in [-0.3, -0.25) is 30.1 Å². The van der Waals surface area contributed by atoms with E-state index in [0.29, 0.717) is 19.3 Å². The number of rotatable bonds is 10. The van der Waals surface area contributed by atoms with Crippen molar-refractivity contribution in [2.45, 2.75) is 87.0 Å². The molecule has 0 aliphatic rings. The van der Waals surface area contributed by atoms with Crippen molar-refractivity contribution in [2.24, 2.45) is 9.98 Å². The lowest BCUT2D eigenvalue weighted by molar-refractivity contribution is -0.176. The molecule has 0 heterocycles. The number of Topliss-reactive ketones (excluding diaryl/α,β-unsaturated/α-hetero) is 2. The molecule has 3 rings (SSSR count). The van der Waals surface area contributed by atoms with E-state index in [9.17, 15) is 9.59 Å². The number of nitrogens with two attached hydrogens (primary N) is 1. The van der Waals surface area contributed by atoms with Crippen molar-refractivity contribution >= 4 is 28.7 Å². The number of nitrogens with zero attached hydrogens (tertiary/aromatic N) is 2. The number of hydrogen-bond donors (Lipinski definition) is 5. The molecule has 0 aliphatic carbocycles. The van der Waals surface area contributed by atoms with Crippen molar-refractivity contribution < 1.29 is 30.3 Å². The highest BCUT2D eigenvalue weighted by atomic mass is 17.0. The third-order valence-corrected chi connectivity index (χ3v) is 7.11. The molecule has 9 heteroatoms. The molecule has 48 heavy (non-hydrogen) atoms. The quantitative estimate of drug-likeness (QED) is 0.0361. The van der Waals surface area contributed by atoms with Crippen LogP contribution in [0.4, 0.5) is 5.69 Å². The molecule has 0 fully saturated rings. The number of carbonyl (C=O) groups excluding carboxylic acids is 2. The van der Waals surface area contributed by atoms with Gasteiger partial charge in [0.05, 0.1) is 11.4 Å². The molecule has 0 amide bonds. The van der Waals surface area contributed by atoms with Crippen LogP contribution in [0.1, 0.15) is 78.5 Å². The lowest BCUT2D eigenvalue weighted by Gasteiger charge is -2.07. The van der Waals surface area contributed by atoms with Crippen LogP contribution >= 0.6 is 0 Å². The van der Waals surface area contributed by atoms with E-state index in [-0.39, 0.29) is 11.6 Å². The van der Waals surface area contributed by atoms with Crippen LogP contribution in [0.2, 0.25) is 0 Å². The van der Waals surface area contributed by atoms with Crippen LogP contribution < -0.4 is 5.73 Å². The summed E-state index contributed by atoms with van der Waals surface area (Å²) in [7, 11) is 3.70. The van der Waals surface area contributed by atoms with Gasteiger partial charge in [-0.05, 0) is 89.1 Å². The van der Waals surface area contributed by atoms with E-state index < -0.39 is 5.95 Å². The zero-order chi connectivity index (χ0) is 37.2. The van der Waals surface area contributed by atoms with Gasteiger partial charge in [0, 0.05) is 32.6 Å². The van der Waals surface area contributed by atoms with E-state index in [2.05, 4.69) is 73.7 Å². The van der Waals surface area contributed by atoms with E-state index in [4.69, 9.17) is 26.5 Å². The van der Waals surface area contributed by atoms with Crippen LogP contribution in [-0.2, 0) is 22.4 Å². The molecule has 0 unspecified atom stereocenters. The van der Waals surface area contributed by atoms with Crippen molar-refractivity contribution in [3.63, 3.8) is 0 Å². The Labute approximate surface area is 287 Å². The molecule has 0 atom stereocenters. The average Bonchev–Trinajstić information content (AvgIpc) is 3.06. The van der Waals surface area contributed by atoms with Gasteiger partial charge in [-0.15, -0.1) is 0 Å². The first-order valence-electron chi connectivity index (χ1n) is 15.9. The predicted molar refractivity (Wildman–Crippen MR) is 201 cm³/mol. The number of hydrogen-bond acceptors (Lipinski definition) is 9. The molecule has 0 aliphatic heterocycles.